The minimum atomic E-state index is -0.501. The van der Waals surface area contributed by atoms with Gasteiger partial charge in [-0.3, -0.25) is 18.9 Å². The number of hydrogen-bond donors (Lipinski definition) is 0. The minimum absolute atomic E-state index is 0.294. The van der Waals surface area contributed by atoms with Crippen LogP contribution in [0.2, 0.25) is 0 Å². The van der Waals surface area contributed by atoms with E-state index in [4.69, 9.17) is 0 Å². The lowest BCUT2D eigenvalue weighted by Crippen LogP contribution is -2.29. The minimum Gasteiger partial charge on any atom is -0.299 e. The van der Waals surface area contributed by atoms with Crippen LogP contribution in [-0.4, -0.2) is 21.1 Å². The molecular weight excluding hydrogens is 354 g/mol. The van der Waals surface area contributed by atoms with Crippen molar-refractivity contribution in [3.63, 3.8) is 0 Å². The van der Waals surface area contributed by atoms with E-state index in [1.54, 1.807) is 18.2 Å². The Morgan fingerprint density at radius 3 is 2.95 bits per heavy atom. The van der Waals surface area contributed by atoms with Crippen molar-refractivity contribution >= 4 is 49.6 Å². The molecule has 1 aromatic carbocycles. The lowest BCUT2D eigenvalue weighted by atomic mass is 10.1. The first-order valence-electron chi connectivity index (χ1n) is 6.20. The van der Waals surface area contributed by atoms with Crippen LogP contribution in [0.1, 0.15) is 16.1 Å². The van der Waals surface area contributed by atoms with Gasteiger partial charge in [0, 0.05) is 22.2 Å². The summed E-state index contributed by atoms with van der Waals surface area (Å²) in [6.07, 6.45) is 3.79. The Morgan fingerprint density at radius 2 is 2.14 bits per heavy atom. The summed E-state index contributed by atoms with van der Waals surface area (Å²) in [5, 5.41) is 1.95. The number of carbonyl (C=O) groups is 2. The highest BCUT2D eigenvalue weighted by Crippen LogP contribution is 2.32. The van der Waals surface area contributed by atoms with Crippen LogP contribution in [-0.2, 0) is 11.3 Å². The Labute approximate surface area is 132 Å². The molecule has 0 N–H and O–H groups in total. The standard InChI is InChI=1S/C14H8BrN3O2S/c15-8-1-2-10-11(5-8)18(13(20)12(10)19)7-9-6-17-3-4-21-14(17)16-9/h1-6H,7H2. The molecule has 0 radical (unpaired) electrons. The molecule has 5 nitrogen and oxygen atoms in total. The van der Waals surface area contributed by atoms with Gasteiger partial charge in [0.1, 0.15) is 0 Å². The van der Waals surface area contributed by atoms with E-state index in [1.807, 2.05) is 22.2 Å². The van der Waals surface area contributed by atoms with Crippen molar-refractivity contribution in [3.05, 3.63) is 51.7 Å². The second-order valence-electron chi connectivity index (χ2n) is 4.71. The normalized spacial score (nSPS) is 14.2. The highest BCUT2D eigenvalue weighted by Gasteiger charge is 2.36. The first kappa shape index (κ1) is 12.7. The van der Waals surface area contributed by atoms with Gasteiger partial charge in [-0.2, -0.15) is 0 Å². The summed E-state index contributed by atoms with van der Waals surface area (Å²) >= 11 is 4.90. The molecule has 1 aliphatic heterocycles. The average Bonchev–Trinajstić information content (AvgIpc) is 3.09. The third-order valence-electron chi connectivity index (χ3n) is 3.40. The third-order valence-corrected chi connectivity index (χ3v) is 4.66. The molecule has 0 bridgehead atoms. The fraction of sp³-hybridized carbons (Fsp3) is 0.0714. The summed E-state index contributed by atoms with van der Waals surface area (Å²) in [5.41, 5.74) is 1.84. The van der Waals surface area contributed by atoms with Crippen molar-refractivity contribution in [2.75, 3.05) is 4.90 Å². The molecule has 2 aromatic heterocycles. The van der Waals surface area contributed by atoms with Crippen molar-refractivity contribution in [1.29, 1.82) is 0 Å². The van der Waals surface area contributed by atoms with Crippen LogP contribution >= 0.6 is 27.3 Å². The smallest absolute Gasteiger partial charge is 0.299 e. The maximum Gasteiger partial charge on any atom is 0.299 e. The number of benzene rings is 1. The van der Waals surface area contributed by atoms with E-state index in [0.717, 1.165) is 15.1 Å². The summed E-state index contributed by atoms with van der Waals surface area (Å²) in [4.78, 5) is 31.0. The first-order valence-corrected chi connectivity index (χ1v) is 7.87. The molecule has 1 aliphatic rings. The number of nitrogens with zero attached hydrogens (tertiary/aromatic N) is 3. The number of imidazole rings is 1. The quantitative estimate of drug-likeness (QED) is 0.659. The molecule has 0 unspecified atom stereocenters. The predicted molar refractivity (Wildman–Crippen MR) is 82.7 cm³/mol. The van der Waals surface area contributed by atoms with Crippen molar-refractivity contribution in [2.24, 2.45) is 0 Å². The van der Waals surface area contributed by atoms with Gasteiger partial charge in [-0.25, -0.2) is 4.98 Å². The molecule has 1 amide bonds. The number of amides is 1. The number of rotatable bonds is 2. The van der Waals surface area contributed by atoms with Crippen molar-refractivity contribution in [2.45, 2.75) is 6.54 Å². The Hall–Kier alpha value is -1.99. The molecule has 104 valence electrons. The SMILES string of the molecule is O=C1C(=O)N(Cc2cn3ccsc3n2)c2cc(Br)ccc21. The maximum absolute atomic E-state index is 12.2. The van der Waals surface area contributed by atoms with Gasteiger partial charge >= 0.3 is 0 Å². The first-order chi connectivity index (χ1) is 10.1. The van der Waals surface area contributed by atoms with Gasteiger partial charge in [0.2, 0.25) is 0 Å². The van der Waals surface area contributed by atoms with E-state index in [0.29, 0.717) is 17.8 Å². The van der Waals surface area contributed by atoms with Gasteiger partial charge in [-0.05, 0) is 18.2 Å². The fourth-order valence-electron chi connectivity index (χ4n) is 2.44. The van der Waals surface area contributed by atoms with E-state index in [9.17, 15) is 9.59 Å². The largest absolute Gasteiger partial charge is 0.299 e. The van der Waals surface area contributed by atoms with Gasteiger partial charge < -0.3 is 0 Å². The Balaban J connectivity index is 1.75. The molecule has 0 atom stereocenters. The Morgan fingerprint density at radius 1 is 1.29 bits per heavy atom. The number of anilines is 1. The number of hydrogen-bond acceptors (Lipinski definition) is 4. The summed E-state index contributed by atoms with van der Waals surface area (Å²) in [6.45, 7) is 0.294. The molecule has 0 fully saturated rings. The van der Waals surface area contributed by atoms with Crippen LogP contribution < -0.4 is 4.90 Å². The zero-order valence-corrected chi connectivity index (χ0v) is 13.0. The molecule has 0 saturated carbocycles. The monoisotopic (exact) mass is 361 g/mol. The molecule has 4 rings (SSSR count). The predicted octanol–water partition coefficient (Wildman–Crippen LogP) is 2.89. The summed E-state index contributed by atoms with van der Waals surface area (Å²) in [7, 11) is 0. The molecule has 7 heteroatoms. The zero-order chi connectivity index (χ0) is 14.6. The van der Waals surface area contributed by atoms with Crippen LogP contribution in [0.25, 0.3) is 4.96 Å². The third kappa shape index (κ3) is 1.92. The second kappa shape index (κ2) is 4.51. The Bertz CT molecular complexity index is 870. The molecule has 0 spiro atoms. The van der Waals surface area contributed by atoms with E-state index in [-0.39, 0.29) is 0 Å². The van der Waals surface area contributed by atoms with E-state index >= 15 is 0 Å². The molecule has 0 saturated heterocycles. The van der Waals surface area contributed by atoms with Crippen LogP contribution in [0, 0.1) is 0 Å². The molecule has 3 aromatic rings. The number of halogens is 1. The summed E-state index contributed by atoms with van der Waals surface area (Å²) in [5.74, 6) is -0.960. The lowest BCUT2D eigenvalue weighted by molar-refractivity contribution is -0.114. The van der Waals surface area contributed by atoms with Gasteiger partial charge in [-0.1, -0.05) is 15.9 Å². The molecule has 21 heavy (non-hydrogen) atoms. The van der Waals surface area contributed by atoms with Gasteiger partial charge in [-0.15, -0.1) is 11.3 Å². The number of ketones is 1. The van der Waals surface area contributed by atoms with Gasteiger partial charge in [0.05, 0.1) is 23.5 Å². The van der Waals surface area contributed by atoms with Crippen molar-refractivity contribution in [3.8, 4) is 0 Å². The number of carbonyl (C=O) groups excluding carboxylic acids is 2. The van der Waals surface area contributed by atoms with E-state index in [2.05, 4.69) is 20.9 Å². The summed E-state index contributed by atoms with van der Waals surface area (Å²) in [6, 6.07) is 5.22. The van der Waals surface area contributed by atoms with Crippen LogP contribution in [0.15, 0.2) is 40.4 Å². The number of fused-ring (bicyclic) bond motifs is 2. The van der Waals surface area contributed by atoms with Gasteiger partial charge in [0.15, 0.2) is 4.96 Å². The highest BCUT2D eigenvalue weighted by atomic mass is 79.9. The molecule has 0 aliphatic carbocycles. The average molecular weight is 362 g/mol. The van der Waals surface area contributed by atoms with Crippen LogP contribution in [0.3, 0.4) is 0 Å². The molecular formula is C14H8BrN3O2S. The lowest BCUT2D eigenvalue weighted by Gasteiger charge is -2.15. The fourth-order valence-corrected chi connectivity index (χ4v) is 3.51. The van der Waals surface area contributed by atoms with Crippen LogP contribution in [0.4, 0.5) is 5.69 Å². The Kier molecular flexibility index (Phi) is 2.73. The van der Waals surface area contributed by atoms with Crippen molar-refractivity contribution in [1.82, 2.24) is 9.38 Å². The molecule has 3 heterocycles. The highest BCUT2D eigenvalue weighted by molar-refractivity contribution is 9.10. The maximum atomic E-state index is 12.2. The van der Waals surface area contributed by atoms with Gasteiger partial charge in [0.25, 0.3) is 11.7 Å². The number of Topliss-reactive ketones (excluding diaryl/α,β-unsaturated/α-hetero) is 1. The summed E-state index contributed by atoms with van der Waals surface area (Å²) < 4.78 is 2.74. The topological polar surface area (TPSA) is 54.7 Å². The second-order valence-corrected chi connectivity index (χ2v) is 6.50. The van der Waals surface area contributed by atoms with Crippen LogP contribution in [0.5, 0.6) is 0 Å². The van der Waals surface area contributed by atoms with E-state index < -0.39 is 11.7 Å². The zero-order valence-electron chi connectivity index (χ0n) is 10.6. The van der Waals surface area contributed by atoms with Crippen molar-refractivity contribution < 1.29 is 9.59 Å². The van der Waals surface area contributed by atoms with E-state index in [1.165, 1.54) is 16.2 Å². The number of aromatic nitrogens is 2. The number of thiazole rings is 1.